The van der Waals surface area contributed by atoms with Crippen molar-refractivity contribution in [3.63, 3.8) is 0 Å². The molecule has 2 fully saturated rings. The molecule has 98 valence electrons. The first kappa shape index (κ1) is 12.4. The van der Waals surface area contributed by atoms with Crippen molar-refractivity contribution < 1.29 is 4.74 Å². The molecular formula is C13H18BrN3O. The summed E-state index contributed by atoms with van der Waals surface area (Å²) in [6, 6.07) is 2.87. The summed E-state index contributed by atoms with van der Waals surface area (Å²) in [5.74, 6) is 0. The molecule has 3 rings (SSSR count). The highest BCUT2D eigenvalue weighted by molar-refractivity contribution is 9.10. The summed E-state index contributed by atoms with van der Waals surface area (Å²) in [4.78, 5) is 6.71. The molecule has 1 aliphatic carbocycles. The van der Waals surface area contributed by atoms with Gasteiger partial charge in [0.15, 0.2) is 0 Å². The lowest BCUT2D eigenvalue weighted by molar-refractivity contribution is -0.0241. The van der Waals surface area contributed by atoms with Crippen LogP contribution in [0.4, 0.5) is 5.69 Å². The molecule has 0 spiro atoms. The van der Waals surface area contributed by atoms with E-state index in [9.17, 15) is 0 Å². The fourth-order valence-electron chi connectivity index (χ4n) is 2.38. The minimum Gasteiger partial charge on any atom is -0.381 e. The van der Waals surface area contributed by atoms with Crippen LogP contribution in [0.5, 0.6) is 0 Å². The molecule has 0 amide bonds. The zero-order chi connectivity index (χ0) is 12.4. The van der Waals surface area contributed by atoms with E-state index in [2.05, 4.69) is 31.1 Å². The van der Waals surface area contributed by atoms with Crippen LogP contribution >= 0.6 is 15.9 Å². The Balaban J connectivity index is 1.50. The molecule has 2 heterocycles. The van der Waals surface area contributed by atoms with Gasteiger partial charge < -0.3 is 10.1 Å². The van der Waals surface area contributed by atoms with Crippen molar-refractivity contribution in [2.75, 3.05) is 31.6 Å². The number of morpholine rings is 1. The van der Waals surface area contributed by atoms with Crippen LogP contribution in [-0.4, -0.2) is 48.3 Å². The first-order valence-electron chi connectivity index (χ1n) is 6.51. The topological polar surface area (TPSA) is 37.4 Å². The first-order valence-corrected chi connectivity index (χ1v) is 7.30. The third kappa shape index (κ3) is 3.22. The van der Waals surface area contributed by atoms with Crippen LogP contribution in [0.2, 0.25) is 0 Å². The number of nitrogens with one attached hydrogen (secondary N) is 1. The Labute approximate surface area is 116 Å². The molecule has 0 aromatic carbocycles. The molecule has 4 nitrogen and oxygen atoms in total. The minimum absolute atomic E-state index is 0.290. The monoisotopic (exact) mass is 311 g/mol. The van der Waals surface area contributed by atoms with Crippen LogP contribution in [0.1, 0.15) is 12.8 Å². The lowest BCUT2D eigenvalue weighted by Crippen LogP contribution is -2.46. The van der Waals surface area contributed by atoms with Gasteiger partial charge in [-0.2, -0.15) is 0 Å². The van der Waals surface area contributed by atoms with Gasteiger partial charge >= 0.3 is 0 Å². The highest BCUT2D eigenvalue weighted by Crippen LogP contribution is 2.28. The van der Waals surface area contributed by atoms with Gasteiger partial charge in [0.1, 0.15) is 0 Å². The summed E-state index contributed by atoms with van der Waals surface area (Å²) in [6.45, 7) is 3.86. The van der Waals surface area contributed by atoms with E-state index in [1.54, 1.807) is 6.20 Å². The maximum absolute atomic E-state index is 5.80. The fraction of sp³-hybridized carbons (Fsp3) is 0.615. The normalized spacial score (nSPS) is 25.1. The molecular weight excluding hydrogens is 294 g/mol. The second-order valence-corrected chi connectivity index (χ2v) is 5.91. The van der Waals surface area contributed by atoms with Gasteiger partial charge in [-0.05, 0) is 34.8 Å². The van der Waals surface area contributed by atoms with E-state index >= 15 is 0 Å². The number of hydrogen-bond acceptors (Lipinski definition) is 4. The van der Waals surface area contributed by atoms with Crippen molar-refractivity contribution in [2.45, 2.75) is 25.0 Å². The average Bonchev–Trinajstić information content (AvgIpc) is 3.21. The van der Waals surface area contributed by atoms with Gasteiger partial charge in [0.05, 0.1) is 24.6 Å². The molecule has 2 aliphatic rings. The van der Waals surface area contributed by atoms with Crippen LogP contribution in [0.3, 0.4) is 0 Å². The molecule has 1 N–H and O–H groups in total. The van der Waals surface area contributed by atoms with E-state index in [4.69, 9.17) is 4.74 Å². The first-order chi connectivity index (χ1) is 8.81. The van der Waals surface area contributed by atoms with E-state index in [1.165, 1.54) is 12.8 Å². The molecule has 0 bridgehead atoms. The highest BCUT2D eigenvalue weighted by Gasteiger charge is 2.32. The van der Waals surface area contributed by atoms with E-state index < -0.39 is 0 Å². The van der Waals surface area contributed by atoms with Gasteiger partial charge in [0.25, 0.3) is 0 Å². The van der Waals surface area contributed by atoms with Gasteiger partial charge in [-0.3, -0.25) is 9.88 Å². The molecule has 0 radical (unpaired) electrons. The Kier molecular flexibility index (Phi) is 3.82. The van der Waals surface area contributed by atoms with Crippen molar-refractivity contribution in [1.29, 1.82) is 0 Å². The smallest absolute Gasteiger partial charge is 0.0874 e. The average molecular weight is 312 g/mol. The summed E-state index contributed by atoms with van der Waals surface area (Å²) in [5, 5.41) is 3.39. The third-order valence-corrected chi connectivity index (χ3v) is 3.91. The lowest BCUT2D eigenvalue weighted by Gasteiger charge is -2.33. The highest BCUT2D eigenvalue weighted by atomic mass is 79.9. The lowest BCUT2D eigenvalue weighted by atomic mass is 10.2. The van der Waals surface area contributed by atoms with E-state index in [-0.39, 0.29) is 0 Å². The number of ether oxygens (including phenoxy) is 1. The maximum Gasteiger partial charge on any atom is 0.0874 e. The number of anilines is 1. The standard InChI is InChI=1S/C13H18BrN3O/c14-10-5-11(7-15-6-10)16-8-13-9-17(3-4-18-13)12-1-2-12/h5-7,12-13,16H,1-4,8-9H2. The van der Waals surface area contributed by atoms with Crippen molar-refractivity contribution in [3.05, 3.63) is 22.9 Å². The Hall–Kier alpha value is -0.650. The molecule has 1 saturated heterocycles. The zero-order valence-corrected chi connectivity index (χ0v) is 11.9. The Morgan fingerprint density at radius 3 is 3.11 bits per heavy atom. The predicted molar refractivity (Wildman–Crippen MR) is 74.8 cm³/mol. The predicted octanol–water partition coefficient (Wildman–Crippen LogP) is 2.12. The largest absolute Gasteiger partial charge is 0.381 e. The van der Waals surface area contributed by atoms with Gasteiger partial charge in [0, 0.05) is 36.3 Å². The summed E-state index contributed by atoms with van der Waals surface area (Å²) in [6.07, 6.45) is 6.66. The molecule has 1 aromatic heterocycles. The number of aromatic nitrogens is 1. The quantitative estimate of drug-likeness (QED) is 0.924. The molecule has 1 aliphatic heterocycles. The van der Waals surface area contributed by atoms with Crippen LogP contribution in [0, 0.1) is 0 Å². The summed E-state index contributed by atoms with van der Waals surface area (Å²) in [7, 11) is 0. The van der Waals surface area contributed by atoms with Crippen LogP contribution in [0.15, 0.2) is 22.9 Å². The molecule has 1 aromatic rings. The number of nitrogens with zero attached hydrogens (tertiary/aromatic N) is 2. The zero-order valence-electron chi connectivity index (χ0n) is 10.3. The van der Waals surface area contributed by atoms with E-state index in [0.29, 0.717) is 6.10 Å². The van der Waals surface area contributed by atoms with Crippen molar-refractivity contribution >= 4 is 21.6 Å². The SMILES string of the molecule is Brc1cncc(NCC2CN(C3CC3)CCO2)c1. The van der Waals surface area contributed by atoms with Crippen molar-refractivity contribution in [1.82, 2.24) is 9.88 Å². The number of pyridine rings is 1. The Morgan fingerprint density at radius 2 is 2.33 bits per heavy atom. The minimum atomic E-state index is 0.290. The maximum atomic E-state index is 5.80. The number of halogens is 1. The number of hydrogen-bond donors (Lipinski definition) is 1. The van der Waals surface area contributed by atoms with Crippen LogP contribution < -0.4 is 5.32 Å². The second kappa shape index (κ2) is 5.55. The molecule has 5 heteroatoms. The number of rotatable bonds is 4. The molecule has 1 unspecified atom stereocenters. The van der Waals surface area contributed by atoms with Crippen LogP contribution in [0.25, 0.3) is 0 Å². The van der Waals surface area contributed by atoms with Crippen molar-refractivity contribution in [3.8, 4) is 0 Å². The van der Waals surface area contributed by atoms with Gasteiger partial charge in [-0.15, -0.1) is 0 Å². The second-order valence-electron chi connectivity index (χ2n) is 4.99. The molecule has 18 heavy (non-hydrogen) atoms. The van der Waals surface area contributed by atoms with E-state index in [0.717, 1.165) is 42.4 Å². The summed E-state index contributed by atoms with van der Waals surface area (Å²) < 4.78 is 6.80. The van der Waals surface area contributed by atoms with Gasteiger partial charge in [-0.1, -0.05) is 0 Å². The van der Waals surface area contributed by atoms with Gasteiger partial charge in [-0.25, -0.2) is 0 Å². The van der Waals surface area contributed by atoms with Crippen molar-refractivity contribution in [2.24, 2.45) is 0 Å². The van der Waals surface area contributed by atoms with Crippen LogP contribution in [-0.2, 0) is 4.74 Å². The Morgan fingerprint density at radius 1 is 1.44 bits per heavy atom. The third-order valence-electron chi connectivity index (χ3n) is 3.47. The molecule has 1 atom stereocenters. The van der Waals surface area contributed by atoms with Gasteiger partial charge in [0.2, 0.25) is 0 Å². The van der Waals surface area contributed by atoms with E-state index in [1.807, 2.05) is 12.3 Å². The summed E-state index contributed by atoms with van der Waals surface area (Å²) in [5.41, 5.74) is 1.04. The summed E-state index contributed by atoms with van der Waals surface area (Å²) >= 11 is 3.42. The Bertz CT molecular complexity index is 411. The fourth-order valence-corrected chi connectivity index (χ4v) is 2.74. The molecule has 1 saturated carbocycles.